The fourth-order valence-corrected chi connectivity index (χ4v) is 1.95. The van der Waals surface area contributed by atoms with E-state index >= 15 is 0 Å². The van der Waals surface area contributed by atoms with Crippen molar-refractivity contribution in [2.45, 2.75) is 34.1 Å². The zero-order valence-electron chi connectivity index (χ0n) is 7.89. The van der Waals surface area contributed by atoms with Crippen molar-refractivity contribution in [3.05, 3.63) is 0 Å². The van der Waals surface area contributed by atoms with E-state index in [1.165, 1.54) is 6.42 Å². The van der Waals surface area contributed by atoms with Crippen LogP contribution in [0.1, 0.15) is 34.1 Å². The van der Waals surface area contributed by atoms with Crippen molar-refractivity contribution in [1.82, 2.24) is 0 Å². The van der Waals surface area contributed by atoms with Gasteiger partial charge in [0.05, 0.1) is 12.0 Å². The van der Waals surface area contributed by atoms with E-state index in [0.29, 0.717) is 17.3 Å². The molecule has 0 amide bonds. The van der Waals surface area contributed by atoms with Crippen molar-refractivity contribution in [3.8, 4) is 6.07 Å². The highest BCUT2D eigenvalue weighted by Gasteiger charge is 2.57. The predicted molar refractivity (Wildman–Crippen MR) is 45.8 cm³/mol. The summed E-state index contributed by atoms with van der Waals surface area (Å²) in [5.41, 5.74) is 0.305. The quantitative estimate of drug-likeness (QED) is 0.595. The molecule has 1 rings (SSSR count). The van der Waals surface area contributed by atoms with Crippen LogP contribution in [0.5, 0.6) is 0 Å². The molecular weight excluding hydrogens is 134 g/mol. The van der Waals surface area contributed by atoms with Crippen LogP contribution in [0.25, 0.3) is 0 Å². The molecule has 0 aromatic carbocycles. The molecule has 1 saturated carbocycles. The van der Waals surface area contributed by atoms with Gasteiger partial charge in [-0.1, -0.05) is 27.7 Å². The molecule has 0 aliphatic heterocycles. The summed E-state index contributed by atoms with van der Waals surface area (Å²) < 4.78 is 0. The van der Waals surface area contributed by atoms with Crippen LogP contribution in [0.4, 0.5) is 0 Å². The molecule has 1 heteroatoms. The summed E-state index contributed by atoms with van der Waals surface area (Å²) in [4.78, 5) is 0. The third-order valence-corrected chi connectivity index (χ3v) is 2.91. The van der Waals surface area contributed by atoms with Crippen molar-refractivity contribution in [2.75, 3.05) is 0 Å². The smallest absolute Gasteiger partial charge is 0.0664 e. The summed E-state index contributed by atoms with van der Waals surface area (Å²) in [7, 11) is 0. The standard InChI is InChI=1S/C10H17N/c1-7(2)5-8-9(6-11)10(8,3)4/h7-9H,5H2,1-4H3/t8-,9+/m1/s1. The van der Waals surface area contributed by atoms with Crippen molar-refractivity contribution in [2.24, 2.45) is 23.2 Å². The molecule has 0 unspecified atom stereocenters. The van der Waals surface area contributed by atoms with Crippen LogP contribution in [-0.2, 0) is 0 Å². The molecule has 0 saturated heterocycles. The topological polar surface area (TPSA) is 23.8 Å². The van der Waals surface area contributed by atoms with Gasteiger partial charge in [0.1, 0.15) is 0 Å². The second-order valence-corrected chi connectivity index (χ2v) is 4.66. The van der Waals surface area contributed by atoms with Gasteiger partial charge in [0.2, 0.25) is 0 Å². The summed E-state index contributed by atoms with van der Waals surface area (Å²) in [6.07, 6.45) is 1.21. The second kappa shape index (κ2) is 2.52. The maximum Gasteiger partial charge on any atom is 0.0664 e. The molecule has 1 nitrogen and oxygen atoms in total. The molecule has 0 radical (unpaired) electrons. The Kier molecular flexibility index (Phi) is 1.96. The van der Waals surface area contributed by atoms with E-state index in [9.17, 15) is 0 Å². The van der Waals surface area contributed by atoms with Crippen molar-refractivity contribution in [3.63, 3.8) is 0 Å². The highest BCUT2D eigenvalue weighted by molar-refractivity contribution is 5.14. The van der Waals surface area contributed by atoms with Gasteiger partial charge >= 0.3 is 0 Å². The fraction of sp³-hybridized carbons (Fsp3) is 0.900. The summed E-state index contributed by atoms with van der Waals surface area (Å²) in [6.45, 7) is 8.85. The first kappa shape index (κ1) is 8.59. The Morgan fingerprint density at radius 1 is 1.45 bits per heavy atom. The lowest BCUT2D eigenvalue weighted by atomic mass is 10.0. The molecule has 0 aromatic heterocycles. The first-order chi connectivity index (χ1) is 5.00. The Morgan fingerprint density at radius 2 is 2.00 bits per heavy atom. The number of hydrogen-bond acceptors (Lipinski definition) is 1. The lowest BCUT2D eigenvalue weighted by Gasteiger charge is -2.04. The van der Waals surface area contributed by atoms with Crippen LogP contribution in [0.15, 0.2) is 0 Å². The van der Waals surface area contributed by atoms with Crippen LogP contribution in [-0.4, -0.2) is 0 Å². The predicted octanol–water partition coefficient (Wildman–Crippen LogP) is 2.83. The largest absolute Gasteiger partial charge is 0.198 e. The van der Waals surface area contributed by atoms with E-state index in [-0.39, 0.29) is 0 Å². The second-order valence-electron chi connectivity index (χ2n) is 4.66. The van der Waals surface area contributed by atoms with E-state index in [0.717, 1.165) is 5.92 Å². The molecule has 0 N–H and O–H groups in total. The van der Waals surface area contributed by atoms with Crippen molar-refractivity contribution >= 4 is 0 Å². The molecule has 1 fully saturated rings. The Bertz CT molecular complexity index is 186. The van der Waals surface area contributed by atoms with Gasteiger partial charge in [-0.2, -0.15) is 5.26 Å². The molecule has 62 valence electrons. The lowest BCUT2D eigenvalue weighted by Crippen LogP contribution is -1.94. The van der Waals surface area contributed by atoms with Gasteiger partial charge in [0, 0.05) is 0 Å². The van der Waals surface area contributed by atoms with E-state index in [1.807, 2.05) is 0 Å². The number of nitrogens with zero attached hydrogens (tertiary/aromatic N) is 1. The Labute approximate surface area is 69.4 Å². The zero-order chi connectivity index (χ0) is 8.65. The van der Waals surface area contributed by atoms with Crippen LogP contribution in [0.3, 0.4) is 0 Å². The summed E-state index contributed by atoms with van der Waals surface area (Å²) in [6, 6.07) is 2.38. The van der Waals surface area contributed by atoms with Crippen molar-refractivity contribution < 1.29 is 0 Å². The first-order valence-electron chi connectivity index (χ1n) is 4.39. The normalized spacial score (nSPS) is 33.5. The molecule has 2 atom stereocenters. The molecular formula is C10H17N. The van der Waals surface area contributed by atoms with Crippen LogP contribution < -0.4 is 0 Å². The maximum atomic E-state index is 8.77. The van der Waals surface area contributed by atoms with Crippen LogP contribution >= 0.6 is 0 Å². The van der Waals surface area contributed by atoms with Crippen molar-refractivity contribution in [1.29, 1.82) is 5.26 Å². The third-order valence-electron chi connectivity index (χ3n) is 2.91. The highest BCUT2D eigenvalue weighted by Crippen LogP contribution is 2.60. The number of hydrogen-bond donors (Lipinski definition) is 0. The third kappa shape index (κ3) is 1.40. The Balaban J connectivity index is 2.48. The molecule has 0 heterocycles. The Morgan fingerprint density at radius 3 is 2.27 bits per heavy atom. The van der Waals surface area contributed by atoms with Gasteiger partial charge in [-0.25, -0.2) is 0 Å². The van der Waals surface area contributed by atoms with Gasteiger partial charge in [0.15, 0.2) is 0 Å². The SMILES string of the molecule is CC(C)C[C@@H]1[C@H](C#N)C1(C)C. The summed E-state index contributed by atoms with van der Waals surface area (Å²) in [5.74, 6) is 1.72. The molecule has 0 aromatic rings. The molecule has 0 spiro atoms. The zero-order valence-corrected chi connectivity index (χ0v) is 7.89. The fourth-order valence-electron chi connectivity index (χ4n) is 1.95. The van der Waals surface area contributed by atoms with E-state index in [1.54, 1.807) is 0 Å². The monoisotopic (exact) mass is 151 g/mol. The van der Waals surface area contributed by atoms with E-state index < -0.39 is 0 Å². The van der Waals surface area contributed by atoms with Gasteiger partial charge < -0.3 is 0 Å². The molecule has 1 aliphatic rings. The number of rotatable bonds is 2. The molecule has 11 heavy (non-hydrogen) atoms. The maximum absolute atomic E-state index is 8.77. The van der Waals surface area contributed by atoms with Gasteiger partial charge in [-0.05, 0) is 23.7 Å². The minimum absolute atomic E-state index is 0.305. The van der Waals surface area contributed by atoms with Gasteiger partial charge in [-0.3, -0.25) is 0 Å². The van der Waals surface area contributed by atoms with Gasteiger partial charge in [0.25, 0.3) is 0 Å². The number of nitriles is 1. The Hall–Kier alpha value is -0.510. The van der Waals surface area contributed by atoms with E-state index in [4.69, 9.17) is 5.26 Å². The van der Waals surface area contributed by atoms with Gasteiger partial charge in [-0.15, -0.1) is 0 Å². The molecule has 1 aliphatic carbocycles. The summed E-state index contributed by atoms with van der Waals surface area (Å²) in [5, 5.41) is 8.77. The lowest BCUT2D eigenvalue weighted by molar-refractivity contribution is 0.462. The highest BCUT2D eigenvalue weighted by atomic mass is 14.6. The van der Waals surface area contributed by atoms with E-state index in [2.05, 4.69) is 33.8 Å². The first-order valence-corrected chi connectivity index (χ1v) is 4.39. The van der Waals surface area contributed by atoms with Crippen LogP contribution in [0, 0.1) is 34.5 Å². The molecule has 0 bridgehead atoms. The summed E-state index contributed by atoms with van der Waals surface area (Å²) >= 11 is 0. The minimum atomic E-state index is 0.305. The minimum Gasteiger partial charge on any atom is -0.198 e. The van der Waals surface area contributed by atoms with Crippen LogP contribution in [0.2, 0.25) is 0 Å². The average Bonchev–Trinajstić information content (AvgIpc) is 2.33. The average molecular weight is 151 g/mol.